The van der Waals surface area contributed by atoms with Crippen molar-refractivity contribution in [3.05, 3.63) is 99.7 Å². The maximum absolute atomic E-state index is 12.9. The van der Waals surface area contributed by atoms with Gasteiger partial charge in [0.1, 0.15) is 11.5 Å². The van der Waals surface area contributed by atoms with Crippen molar-refractivity contribution in [1.82, 2.24) is 4.90 Å². The maximum atomic E-state index is 12.9. The van der Waals surface area contributed by atoms with Gasteiger partial charge in [0.05, 0.1) is 15.5 Å². The molecule has 0 radical (unpaired) electrons. The molecule has 0 spiro atoms. The van der Waals surface area contributed by atoms with E-state index < -0.39 is 4.92 Å². The predicted molar refractivity (Wildman–Crippen MR) is 127 cm³/mol. The van der Waals surface area contributed by atoms with E-state index in [0.717, 1.165) is 11.3 Å². The highest BCUT2D eigenvalue weighted by Gasteiger charge is 2.32. The summed E-state index contributed by atoms with van der Waals surface area (Å²) in [4.78, 5) is 30.0. The third kappa shape index (κ3) is 4.55. The minimum Gasteiger partial charge on any atom is -0.457 e. The summed E-state index contributed by atoms with van der Waals surface area (Å²) in [6.07, 6.45) is 3.33. The Labute approximate surface area is 188 Å². The Hall–Kier alpha value is -3.91. The molecule has 3 aromatic rings. The van der Waals surface area contributed by atoms with E-state index in [1.165, 1.54) is 23.9 Å². The lowest BCUT2D eigenvalue weighted by molar-refractivity contribution is -0.384. The topological polar surface area (TPSA) is 89.0 Å². The maximum Gasteiger partial charge on any atom is 0.269 e. The van der Waals surface area contributed by atoms with Crippen molar-refractivity contribution >= 4 is 40.3 Å². The number of aryl methyl sites for hydroxylation is 1. The summed E-state index contributed by atoms with van der Waals surface area (Å²) in [6.45, 7) is 6.09. The predicted octanol–water partition coefficient (Wildman–Crippen LogP) is 5.95. The quantitative estimate of drug-likeness (QED) is 0.202. The van der Waals surface area contributed by atoms with E-state index in [0.29, 0.717) is 33.7 Å². The van der Waals surface area contributed by atoms with Gasteiger partial charge in [0.2, 0.25) is 0 Å². The third-order valence-electron chi connectivity index (χ3n) is 4.72. The summed E-state index contributed by atoms with van der Waals surface area (Å²) in [5.74, 6) is 0.886. The number of aliphatic imine (C=N–C) groups is 1. The number of rotatable bonds is 6. The van der Waals surface area contributed by atoms with E-state index in [1.807, 2.05) is 31.2 Å². The number of thioether (sulfide) groups is 1. The monoisotopic (exact) mass is 445 g/mol. The number of hydrogen-bond donors (Lipinski definition) is 0. The van der Waals surface area contributed by atoms with Gasteiger partial charge < -0.3 is 4.42 Å². The van der Waals surface area contributed by atoms with Crippen LogP contribution in [0, 0.1) is 17.0 Å². The second-order valence-electron chi connectivity index (χ2n) is 7.05. The van der Waals surface area contributed by atoms with E-state index in [1.54, 1.807) is 41.3 Å². The van der Waals surface area contributed by atoms with E-state index in [4.69, 9.17) is 4.42 Å². The number of non-ortho nitro benzene ring substituents is 1. The first-order valence-electron chi connectivity index (χ1n) is 9.77. The average Bonchev–Trinajstić information content (AvgIpc) is 3.36. The number of furan rings is 1. The molecule has 1 aliphatic rings. The highest BCUT2D eigenvalue weighted by molar-refractivity contribution is 8.18. The van der Waals surface area contributed by atoms with Gasteiger partial charge in [0.25, 0.3) is 11.6 Å². The summed E-state index contributed by atoms with van der Waals surface area (Å²) < 4.78 is 5.85. The molecule has 1 aliphatic heterocycles. The van der Waals surface area contributed by atoms with Crippen LogP contribution in [0.2, 0.25) is 0 Å². The number of nitro groups is 1. The molecule has 0 bridgehead atoms. The zero-order valence-corrected chi connectivity index (χ0v) is 18.0. The Morgan fingerprint density at radius 3 is 2.50 bits per heavy atom. The molecule has 1 aromatic heterocycles. The zero-order chi connectivity index (χ0) is 22.7. The van der Waals surface area contributed by atoms with Gasteiger partial charge in [-0.05, 0) is 55.1 Å². The van der Waals surface area contributed by atoms with Gasteiger partial charge >= 0.3 is 0 Å². The summed E-state index contributed by atoms with van der Waals surface area (Å²) >= 11 is 1.28. The van der Waals surface area contributed by atoms with Crippen molar-refractivity contribution in [2.45, 2.75) is 6.92 Å². The first-order valence-corrected chi connectivity index (χ1v) is 10.6. The molecule has 0 saturated carbocycles. The van der Waals surface area contributed by atoms with Crippen molar-refractivity contribution < 1.29 is 14.1 Å². The van der Waals surface area contributed by atoms with Gasteiger partial charge in [-0.1, -0.05) is 23.8 Å². The molecule has 32 heavy (non-hydrogen) atoms. The molecule has 0 atom stereocenters. The van der Waals surface area contributed by atoms with Crippen molar-refractivity contribution in [1.29, 1.82) is 0 Å². The second-order valence-corrected chi connectivity index (χ2v) is 8.06. The van der Waals surface area contributed by atoms with Crippen LogP contribution in [0.4, 0.5) is 11.4 Å². The molecule has 2 aromatic carbocycles. The largest absolute Gasteiger partial charge is 0.457 e. The van der Waals surface area contributed by atoms with Crippen LogP contribution in [-0.2, 0) is 4.79 Å². The molecule has 7 nitrogen and oxygen atoms in total. The molecule has 1 amide bonds. The van der Waals surface area contributed by atoms with Crippen molar-refractivity contribution in [2.24, 2.45) is 4.99 Å². The van der Waals surface area contributed by atoms with E-state index in [-0.39, 0.29) is 11.6 Å². The van der Waals surface area contributed by atoms with Gasteiger partial charge in [0, 0.05) is 30.3 Å². The first kappa shape index (κ1) is 21.3. The normalized spacial score (nSPS) is 16.2. The Kier molecular flexibility index (Phi) is 6.04. The number of carbonyl (C=O) groups excluding carboxylic acids is 1. The smallest absolute Gasteiger partial charge is 0.269 e. The second kappa shape index (κ2) is 9.07. The summed E-state index contributed by atoms with van der Waals surface area (Å²) in [5, 5.41) is 11.4. The lowest BCUT2D eigenvalue weighted by atomic mass is 10.1. The minimum absolute atomic E-state index is 0.0123. The number of benzene rings is 2. The van der Waals surface area contributed by atoms with Gasteiger partial charge in [0.15, 0.2) is 5.17 Å². The number of nitro benzene ring substituents is 1. The first-order chi connectivity index (χ1) is 15.4. The van der Waals surface area contributed by atoms with E-state index in [9.17, 15) is 14.9 Å². The third-order valence-corrected chi connectivity index (χ3v) is 5.73. The standard InChI is InChI=1S/C24H19N3O4S/c1-3-14-26-23(28)22(32-24(26)25-18-8-4-16(2)5-9-18)15-20-12-13-21(31-20)17-6-10-19(11-7-17)27(29)30/h3-13,15H,1,14H2,2H3. The molecule has 160 valence electrons. The molecular weight excluding hydrogens is 426 g/mol. The fourth-order valence-corrected chi connectivity index (χ4v) is 4.06. The molecule has 0 unspecified atom stereocenters. The fourth-order valence-electron chi connectivity index (χ4n) is 3.07. The van der Waals surface area contributed by atoms with Crippen LogP contribution in [-0.4, -0.2) is 27.4 Å². The van der Waals surface area contributed by atoms with Gasteiger partial charge in [-0.2, -0.15) is 0 Å². The van der Waals surface area contributed by atoms with Gasteiger partial charge in [-0.3, -0.25) is 19.8 Å². The van der Waals surface area contributed by atoms with Gasteiger partial charge in [-0.15, -0.1) is 6.58 Å². The molecule has 0 aliphatic carbocycles. The molecule has 1 saturated heterocycles. The van der Waals surface area contributed by atoms with Crippen LogP contribution in [0.1, 0.15) is 11.3 Å². The Morgan fingerprint density at radius 2 is 1.84 bits per heavy atom. The minimum atomic E-state index is -0.449. The summed E-state index contributed by atoms with van der Waals surface area (Å²) in [6, 6.07) is 17.4. The summed E-state index contributed by atoms with van der Waals surface area (Å²) in [5.41, 5.74) is 2.62. The number of amides is 1. The van der Waals surface area contributed by atoms with Gasteiger partial charge in [-0.25, -0.2) is 4.99 Å². The lowest BCUT2D eigenvalue weighted by Crippen LogP contribution is -2.29. The van der Waals surface area contributed by atoms with Crippen molar-refractivity contribution in [2.75, 3.05) is 6.54 Å². The van der Waals surface area contributed by atoms with Crippen molar-refractivity contribution in [3.8, 4) is 11.3 Å². The Bertz CT molecular complexity index is 1240. The van der Waals surface area contributed by atoms with Crippen LogP contribution in [0.15, 0.2) is 87.6 Å². The highest BCUT2D eigenvalue weighted by Crippen LogP contribution is 2.35. The number of nitrogens with zero attached hydrogens (tertiary/aromatic N) is 3. The van der Waals surface area contributed by atoms with Crippen LogP contribution >= 0.6 is 11.8 Å². The molecular formula is C24H19N3O4S. The average molecular weight is 446 g/mol. The summed E-state index contributed by atoms with van der Waals surface area (Å²) in [7, 11) is 0. The molecule has 4 rings (SSSR count). The number of hydrogen-bond acceptors (Lipinski definition) is 6. The highest BCUT2D eigenvalue weighted by atomic mass is 32.2. The SMILES string of the molecule is C=CCN1C(=O)C(=Cc2ccc(-c3ccc([N+](=O)[O-])cc3)o2)SC1=Nc1ccc(C)cc1. The van der Waals surface area contributed by atoms with Crippen LogP contribution in [0.3, 0.4) is 0 Å². The Morgan fingerprint density at radius 1 is 1.12 bits per heavy atom. The van der Waals surface area contributed by atoms with Crippen LogP contribution in [0.5, 0.6) is 0 Å². The number of carbonyl (C=O) groups is 1. The lowest BCUT2D eigenvalue weighted by Gasteiger charge is -2.12. The zero-order valence-electron chi connectivity index (χ0n) is 17.2. The van der Waals surface area contributed by atoms with E-state index >= 15 is 0 Å². The molecule has 8 heteroatoms. The molecule has 1 fully saturated rings. The van der Waals surface area contributed by atoms with Crippen LogP contribution < -0.4 is 0 Å². The fraction of sp³-hybridized carbons (Fsp3) is 0.0833. The Balaban J connectivity index is 1.59. The molecule has 2 heterocycles. The molecule has 0 N–H and O–H groups in total. The van der Waals surface area contributed by atoms with E-state index in [2.05, 4.69) is 11.6 Å². The van der Waals surface area contributed by atoms with Crippen molar-refractivity contribution in [3.63, 3.8) is 0 Å². The van der Waals surface area contributed by atoms with Crippen LogP contribution in [0.25, 0.3) is 17.4 Å². The number of amidine groups is 1.